The Morgan fingerprint density at radius 1 is 1.41 bits per heavy atom. The molecule has 1 aromatic carbocycles. The second kappa shape index (κ2) is 6.39. The number of ether oxygens (including phenoxy) is 1. The van der Waals surface area contributed by atoms with Gasteiger partial charge >= 0.3 is 0 Å². The number of rotatable bonds is 5. The van der Waals surface area contributed by atoms with Gasteiger partial charge in [-0.3, -0.25) is 0 Å². The first kappa shape index (κ1) is 12.9. The van der Waals surface area contributed by atoms with E-state index >= 15 is 0 Å². The van der Waals surface area contributed by atoms with Crippen LogP contribution >= 0.6 is 11.6 Å². The molecule has 0 radical (unpaired) electrons. The third-order valence-electron chi connectivity index (χ3n) is 3.30. The van der Waals surface area contributed by atoms with Crippen LogP contribution in [0.1, 0.15) is 37.8 Å². The number of hydrogen-bond donors (Lipinski definition) is 1. The Hall–Kier alpha value is -0.570. The Morgan fingerprint density at radius 3 is 2.76 bits per heavy atom. The third-order valence-corrected chi connectivity index (χ3v) is 3.55. The van der Waals surface area contributed by atoms with E-state index in [2.05, 4.69) is 24.4 Å². The molecular weight excluding hydrogens is 234 g/mol. The van der Waals surface area contributed by atoms with Crippen LogP contribution in [-0.2, 0) is 4.74 Å². The van der Waals surface area contributed by atoms with Crippen molar-refractivity contribution in [2.75, 3.05) is 13.2 Å². The summed E-state index contributed by atoms with van der Waals surface area (Å²) in [6, 6.07) is 8.50. The molecule has 2 rings (SSSR count). The van der Waals surface area contributed by atoms with E-state index in [0.29, 0.717) is 12.1 Å². The maximum atomic E-state index is 5.90. The molecule has 2 unspecified atom stereocenters. The van der Waals surface area contributed by atoms with Crippen LogP contribution < -0.4 is 5.32 Å². The lowest BCUT2D eigenvalue weighted by atomic mass is 10.0. The fourth-order valence-electron chi connectivity index (χ4n) is 2.27. The van der Waals surface area contributed by atoms with Crippen molar-refractivity contribution >= 4 is 11.6 Å². The van der Waals surface area contributed by atoms with Crippen molar-refractivity contribution in [1.29, 1.82) is 0 Å². The van der Waals surface area contributed by atoms with Crippen molar-refractivity contribution in [2.24, 2.45) is 0 Å². The average molecular weight is 254 g/mol. The average Bonchev–Trinajstić information content (AvgIpc) is 2.85. The molecule has 1 heterocycles. The third kappa shape index (κ3) is 3.70. The van der Waals surface area contributed by atoms with Gasteiger partial charge in [-0.1, -0.05) is 30.7 Å². The molecule has 1 aromatic rings. The van der Waals surface area contributed by atoms with E-state index in [9.17, 15) is 0 Å². The number of halogens is 1. The summed E-state index contributed by atoms with van der Waals surface area (Å²) in [7, 11) is 0. The molecule has 1 aliphatic rings. The lowest BCUT2D eigenvalue weighted by molar-refractivity contribution is 0.107. The summed E-state index contributed by atoms with van der Waals surface area (Å²) in [6.45, 7) is 4.06. The number of hydrogen-bond acceptors (Lipinski definition) is 2. The van der Waals surface area contributed by atoms with Gasteiger partial charge in [0.05, 0.1) is 6.10 Å². The minimum Gasteiger partial charge on any atom is -0.377 e. The maximum absolute atomic E-state index is 5.90. The minimum absolute atomic E-state index is 0.399. The highest BCUT2D eigenvalue weighted by Crippen LogP contribution is 2.20. The molecule has 94 valence electrons. The van der Waals surface area contributed by atoms with Gasteiger partial charge in [0.15, 0.2) is 0 Å². The smallest absolute Gasteiger partial charge is 0.0700 e. The van der Waals surface area contributed by atoms with Gasteiger partial charge in [-0.2, -0.15) is 0 Å². The Labute approximate surface area is 108 Å². The van der Waals surface area contributed by atoms with Crippen LogP contribution in [0.4, 0.5) is 0 Å². The Kier molecular flexibility index (Phi) is 4.84. The van der Waals surface area contributed by atoms with Gasteiger partial charge in [-0.25, -0.2) is 0 Å². The van der Waals surface area contributed by atoms with Crippen LogP contribution in [0.2, 0.25) is 5.02 Å². The normalized spacial score (nSPS) is 21.6. The van der Waals surface area contributed by atoms with Crippen molar-refractivity contribution in [3.8, 4) is 0 Å². The summed E-state index contributed by atoms with van der Waals surface area (Å²) in [5, 5.41) is 4.37. The number of nitrogens with one attached hydrogen (secondary N) is 1. The van der Waals surface area contributed by atoms with Crippen LogP contribution in [0, 0.1) is 0 Å². The lowest BCUT2D eigenvalue weighted by Gasteiger charge is -2.20. The molecule has 1 N–H and O–H groups in total. The van der Waals surface area contributed by atoms with Crippen LogP contribution in [0.15, 0.2) is 24.3 Å². The minimum atomic E-state index is 0.399. The van der Waals surface area contributed by atoms with Crippen molar-refractivity contribution in [1.82, 2.24) is 5.32 Å². The van der Waals surface area contributed by atoms with Crippen LogP contribution in [0.25, 0.3) is 0 Å². The van der Waals surface area contributed by atoms with E-state index in [1.165, 1.54) is 18.4 Å². The SMILES string of the molecule is CCC(NCC1CCCO1)c1ccc(Cl)cc1. The molecule has 1 fully saturated rings. The quantitative estimate of drug-likeness (QED) is 0.866. The van der Waals surface area contributed by atoms with E-state index in [0.717, 1.165) is 24.6 Å². The molecule has 1 saturated heterocycles. The zero-order valence-electron chi connectivity index (χ0n) is 10.3. The van der Waals surface area contributed by atoms with Crippen LogP contribution in [-0.4, -0.2) is 19.3 Å². The highest BCUT2D eigenvalue weighted by molar-refractivity contribution is 6.30. The van der Waals surface area contributed by atoms with E-state index in [-0.39, 0.29) is 0 Å². The van der Waals surface area contributed by atoms with Gasteiger partial charge in [-0.05, 0) is 37.0 Å². The molecular formula is C14H20ClNO. The highest BCUT2D eigenvalue weighted by Gasteiger charge is 2.17. The topological polar surface area (TPSA) is 21.3 Å². The van der Waals surface area contributed by atoms with E-state index in [1.807, 2.05) is 12.1 Å². The summed E-state index contributed by atoms with van der Waals surface area (Å²) in [6.07, 6.45) is 3.86. The zero-order valence-corrected chi connectivity index (χ0v) is 11.0. The summed E-state index contributed by atoms with van der Waals surface area (Å²) in [5.74, 6) is 0. The predicted molar refractivity (Wildman–Crippen MR) is 71.5 cm³/mol. The van der Waals surface area contributed by atoms with E-state index < -0.39 is 0 Å². The van der Waals surface area contributed by atoms with Gasteiger partial charge in [0.25, 0.3) is 0 Å². The predicted octanol–water partition coefficient (Wildman–Crippen LogP) is 3.56. The summed E-state index contributed by atoms with van der Waals surface area (Å²) in [4.78, 5) is 0. The molecule has 2 nitrogen and oxygen atoms in total. The molecule has 0 aromatic heterocycles. The van der Waals surface area contributed by atoms with Crippen LogP contribution in [0.3, 0.4) is 0 Å². The molecule has 3 heteroatoms. The van der Waals surface area contributed by atoms with Gasteiger partial charge in [-0.15, -0.1) is 0 Å². The second-order valence-corrected chi connectivity index (χ2v) is 4.99. The molecule has 17 heavy (non-hydrogen) atoms. The molecule has 0 bridgehead atoms. The van der Waals surface area contributed by atoms with Crippen LogP contribution in [0.5, 0.6) is 0 Å². The molecule has 0 saturated carbocycles. The Balaban J connectivity index is 1.89. The molecule has 1 aliphatic heterocycles. The first-order valence-electron chi connectivity index (χ1n) is 6.40. The molecule has 0 amide bonds. The largest absolute Gasteiger partial charge is 0.377 e. The lowest BCUT2D eigenvalue weighted by Crippen LogP contribution is -2.29. The Bertz CT molecular complexity index is 333. The van der Waals surface area contributed by atoms with Gasteiger partial charge < -0.3 is 10.1 Å². The Morgan fingerprint density at radius 2 is 2.18 bits per heavy atom. The summed E-state index contributed by atoms with van der Waals surface area (Å²) >= 11 is 5.90. The molecule has 2 atom stereocenters. The van der Waals surface area contributed by atoms with E-state index in [1.54, 1.807) is 0 Å². The van der Waals surface area contributed by atoms with Gasteiger partial charge in [0.2, 0.25) is 0 Å². The van der Waals surface area contributed by atoms with Crippen molar-refractivity contribution in [2.45, 2.75) is 38.3 Å². The van der Waals surface area contributed by atoms with Gasteiger partial charge in [0, 0.05) is 24.2 Å². The first-order chi connectivity index (χ1) is 8.29. The zero-order chi connectivity index (χ0) is 12.1. The molecule has 0 aliphatic carbocycles. The van der Waals surface area contributed by atoms with Crippen molar-refractivity contribution in [3.05, 3.63) is 34.9 Å². The molecule has 0 spiro atoms. The standard InChI is InChI=1S/C14H20ClNO/c1-2-14(11-5-7-12(15)8-6-11)16-10-13-4-3-9-17-13/h5-8,13-14,16H,2-4,9-10H2,1H3. The monoisotopic (exact) mass is 253 g/mol. The van der Waals surface area contributed by atoms with Gasteiger partial charge in [0.1, 0.15) is 0 Å². The van der Waals surface area contributed by atoms with Crippen molar-refractivity contribution in [3.63, 3.8) is 0 Å². The van der Waals surface area contributed by atoms with E-state index in [4.69, 9.17) is 16.3 Å². The first-order valence-corrected chi connectivity index (χ1v) is 6.78. The van der Waals surface area contributed by atoms with Crippen molar-refractivity contribution < 1.29 is 4.74 Å². The summed E-state index contributed by atoms with van der Waals surface area (Å²) < 4.78 is 5.62. The fraction of sp³-hybridized carbons (Fsp3) is 0.571. The summed E-state index contributed by atoms with van der Waals surface area (Å²) in [5.41, 5.74) is 1.30. The number of benzene rings is 1. The second-order valence-electron chi connectivity index (χ2n) is 4.56. The highest BCUT2D eigenvalue weighted by atomic mass is 35.5. The maximum Gasteiger partial charge on any atom is 0.0700 e. The fourth-order valence-corrected chi connectivity index (χ4v) is 2.40.